The molecule has 0 aliphatic carbocycles. The van der Waals surface area contributed by atoms with Crippen LogP contribution in [0.15, 0.2) is 33.3 Å². The highest BCUT2D eigenvalue weighted by Crippen LogP contribution is 2.26. The lowest BCUT2D eigenvalue weighted by atomic mass is 10.0. The molecule has 0 aliphatic heterocycles. The topological polar surface area (TPSA) is 107 Å². The van der Waals surface area contributed by atoms with Crippen LogP contribution in [-0.2, 0) is 16.1 Å². The van der Waals surface area contributed by atoms with Crippen molar-refractivity contribution in [2.45, 2.75) is 13.3 Å². The second kappa shape index (κ2) is 5.62. The molecule has 8 heteroatoms. The summed E-state index contributed by atoms with van der Waals surface area (Å²) in [7, 11) is -2.20. The van der Waals surface area contributed by atoms with E-state index in [-0.39, 0.29) is 0 Å². The zero-order chi connectivity index (χ0) is 16.6. The van der Waals surface area contributed by atoms with Crippen LogP contribution < -0.4 is 5.73 Å². The fourth-order valence-electron chi connectivity index (χ4n) is 2.40. The van der Waals surface area contributed by atoms with E-state index in [2.05, 4.69) is 19.7 Å². The Balaban J connectivity index is 2.03. The molecule has 0 bridgehead atoms. The maximum absolute atomic E-state index is 11.8. The van der Waals surface area contributed by atoms with Crippen molar-refractivity contribution in [1.29, 1.82) is 0 Å². The van der Waals surface area contributed by atoms with Crippen molar-refractivity contribution in [1.82, 2.24) is 15.3 Å². The van der Waals surface area contributed by atoms with Crippen LogP contribution in [0, 0.1) is 6.92 Å². The highest BCUT2D eigenvalue weighted by atomic mass is 32.2. The lowest BCUT2D eigenvalue weighted by Gasteiger charge is -2.09. The summed E-state index contributed by atoms with van der Waals surface area (Å²) in [5.41, 5.74) is 10.9. The summed E-state index contributed by atoms with van der Waals surface area (Å²) in [6, 6.07) is 7.58. The number of anilines is 1. The predicted molar refractivity (Wildman–Crippen MR) is 90.1 cm³/mol. The van der Waals surface area contributed by atoms with Crippen LogP contribution in [0.1, 0.15) is 16.8 Å². The minimum absolute atomic E-state index is 0.407. The first-order valence-electron chi connectivity index (χ1n) is 6.97. The third kappa shape index (κ3) is 3.31. The highest BCUT2D eigenvalue weighted by molar-refractivity contribution is 7.92. The number of hydrogen-bond acceptors (Lipinski definition) is 7. The number of fused-ring (bicyclic) bond motifs is 1. The number of hydrogen-bond donors (Lipinski definition) is 1. The number of benzene rings is 1. The van der Waals surface area contributed by atoms with Gasteiger partial charge in [-0.25, -0.2) is 13.8 Å². The molecule has 0 fully saturated rings. The summed E-state index contributed by atoms with van der Waals surface area (Å²) in [6.07, 6.45) is 3.79. The van der Waals surface area contributed by atoms with Gasteiger partial charge in [-0.05, 0) is 34.9 Å². The van der Waals surface area contributed by atoms with E-state index in [4.69, 9.17) is 10.4 Å². The van der Waals surface area contributed by atoms with Gasteiger partial charge in [0.1, 0.15) is 0 Å². The van der Waals surface area contributed by atoms with Crippen LogP contribution in [0.25, 0.3) is 11.2 Å². The van der Waals surface area contributed by atoms with E-state index in [1.807, 2.05) is 31.2 Å². The van der Waals surface area contributed by atoms with Crippen LogP contribution in [0.5, 0.6) is 0 Å². The smallest absolute Gasteiger partial charge is 0.226 e. The van der Waals surface area contributed by atoms with E-state index >= 15 is 0 Å². The Hall–Kier alpha value is -2.48. The first-order chi connectivity index (χ1) is 10.8. The molecule has 0 saturated heterocycles. The maximum atomic E-state index is 11.8. The molecule has 0 aliphatic rings. The predicted octanol–water partition coefficient (Wildman–Crippen LogP) is 2.46. The molecule has 120 valence electrons. The van der Waals surface area contributed by atoms with Crippen LogP contribution >= 0.6 is 0 Å². The number of pyridine rings is 1. The Kier molecular flexibility index (Phi) is 3.77. The van der Waals surface area contributed by atoms with E-state index in [1.54, 1.807) is 12.5 Å². The number of aryl methyl sites for hydroxylation is 1. The molecule has 0 unspecified atom stereocenters. The van der Waals surface area contributed by atoms with E-state index in [0.29, 0.717) is 29.0 Å². The largest absolute Gasteiger partial charge is 0.396 e. The van der Waals surface area contributed by atoms with Gasteiger partial charge in [-0.15, -0.1) is 0 Å². The average Bonchev–Trinajstić information content (AvgIpc) is 2.90. The molecular formula is C15H17N5O2S. The van der Waals surface area contributed by atoms with Crippen LogP contribution in [0.2, 0.25) is 0 Å². The average molecular weight is 331 g/mol. The molecule has 2 N–H and O–H groups in total. The molecule has 2 heterocycles. The van der Waals surface area contributed by atoms with Crippen LogP contribution in [0.3, 0.4) is 0 Å². The monoisotopic (exact) mass is 331 g/mol. The second-order valence-electron chi connectivity index (χ2n) is 5.65. The van der Waals surface area contributed by atoms with Gasteiger partial charge < -0.3 is 5.73 Å². The molecule has 0 saturated carbocycles. The fraction of sp³-hybridized carbons (Fsp3) is 0.267. The van der Waals surface area contributed by atoms with Gasteiger partial charge in [0.05, 0.1) is 11.4 Å². The molecule has 2 aromatic heterocycles. The number of nitrogens with zero attached hydrogens (tertiary/aromatic N) is 4. The standard InChI is InChI=1S/C15H17N5O2S/c1-9-12(13(16)14-15(17-9)19-22-18-14)8-10-5-4-6-11(7-10)20-23(2,3)21/h4-7H,8,16H2,1-3H3. The van der Waals surface area contributed by atoms with Crippen molar-refractivity contribution in [3.8, 4) is 0 Å². The fourth-order valence-corrected chi connectivity index (χ4v) is 3.02. The van der Waals surface area contributed by atoms with Gasteiger partial charge >= 0.3 is 0 Å². The number of aromatic nitrogens is 3. The molecule has 23 heavy (non-hydrogen) atoms. The zero-order valence-corrected chi connectivity index (χ0v) is 13.9. The Bertz CT molecular complexity index is 994. The van der Waals surface area contributed by atoms with Gasteiger partial charge in [0, 0.05) is 39.9 Å². The van der Waals surface area contributed by atoms with Crippen LogP contribution in [-0.4, -0.2) is 32.0 Å². The van der Waals surface area contributed by atoms with Gasteiger partial charge in [-0.1, -0.05) is 12.1 Å². The van der Waals surface area contributed by atoms with E-state index in [0.717, 1.165) is 16.8 Å². The van der Waals surface area contributed by atoms with E-state index in [9.17, 15) is 4.21 Å². The third-order valence-corrected chi connectivity index (χ3v) is 4.03. The summed E-state index contributed by atoms with van der Waals surface area (Å²) in [4.78, 5) is 4.36. The minimum atomic E-state index is -2.20. The summed E-state index contributed by atoms with van der Waals surface area (Å²) in [5, 5.41) is 7.52. The molecule has 0 atom stereocenters. The number of nitrogen functional groups attached to an aromatic ring is 1. The molecule has 3 rings (SSSR count). The van der Waals surface area contributed by atoms with E-state index < -0.39 is 9.73 Å². The number of rotatable bonds is 3. The van der Waals surface area contributed by atoms with Crippen molar-refractivity contribution in [3.05, 3.63) is 41.1 Å². The lowest BCUT2D eigenvalue weighted by molar-refractivity contribution is 0.315. The Morgan fingerprint density at radius 3 is 2.83 bits per heavy atom. The quantitative estimate of drug-likeness (QED) is 0.790. The molecular weight excluding hydrogens is 314 g/mol. The van der Waals surface area contributed by atoms with Crippen molar-refractivity contribution < 1.29 is 8.84 Å². The highest BCUT2D eigenvalue weighted by Gasteiger charge is 2.14. The summed E-state index contributed by atoms with van der Waals surface area (Å²) < 4.78 is 20.7. The zero-order valence-electron chi connectivity index (χ0n) is 13.1. The van der Waals surface area contributed by atoms with Crippen molar-refractivity contribution >= 4 is 32.3 Å². The maximum Gasteiger partial charge on any atom is 0.226 e. The Morgan fingerprint density at radius 1 is 1.30 bits per heavy atom. The first-order valence-corrected chi connectivity index (χ1v) is 9.30. The minimum Gasteiger partial charge on any atom is -0.396 e. The first kappa shape index (κ1) is 15.4. The van der Waals surface area contributed by atoms with Crippen molar-refractivity contribution in [3.63, 3.8) is 0 Å². The SMILES string of the molecule is Cc1nc2nonc2c(N)c1Cc1cccc(N=S(C)(C)=O)c1. The molecule has 7 nitrogen and oxygen atoms in total. The Labute approximate surface area is 134 Å². The molecule has 3 aromatic rings. The summed E-state index contributed by atoms with van der Waals surface area (Å²) >= 11 is 0. The molecule has 0 amide bonds. The van der Waals surface area contributed by atoms with Crippen molar-refractivity contribution in [2.24, 2.45) is 4.36 Å². The lowest BCUT2D eigenvalue weighted by Crippen LogP contribution is -2.02. The molecule has 0 spiro atoms. The van der Waals surface area contributed by atoms with Gasteiger partial charge in [0.25, 0.3) is 0 Å². The number of nitrogens with two attached hydrogens (primary N) is 1. The van der Waals surface area contributed by atoms with Gasteiger partial charge in [0.2, 0.25) is 5.65 Å². The molecule has 0 radical (unpaired) electrons. The molecule has 1 aromatic carbocycles. The van der Waals surface area contributed by atoms with E-state index in [1.165, 1.54) is 0 Å². The van der Waals surface area contributed by atoms with Gasteiger partial charge in [-0.3, -0.25) is 0 Å². The summed E-state index contributed by atoms with van der Waals surface area (Å²) in [6.45, 7) is 1.87. The Morgan fingerprint density at radius 2 is 2.09 bits per heavy atom. The second-order valence-corrected chi connectivity index (χ2v) is 8.19. The normalized spacial score (nSPS) is 11.8. The van der Waals surface area contributed by atoms with Gasteiger partial charge in [0.15, 0.2) is 5.52 Å². The van der Waals surface area contributed by atoms with Crippen molar-refractivity contribution in [2.75, 3.05) is 18.2 Å². The third-order valence-electron chi connectivity index (χ3n) is 3.38. The van der Waals surface area contributed by atoms with Gasteiger partial charge in [-0.2, -0.15) is 4.36 Å². The van der Waals surface area contributed by atoms with Crippen LogP contribution in [0.4, 0.5) is 11.4 Å². The summed E-state index contributed by atoms with van der Waals surface area (Å²) in [5.74, 6) is 0.